The Morgan fingerprint density at radius 3 is 2.47 bits per heavy atom. The minimum atomic E-state index is -0.621. The van der Waals surface area contributed by atoms with E-state index in [1.807, 2.05) is 6.92 Å². The quantitative estimate of drug-likeness (QED) is 0.419. The van der Waals surface area contributed by atoms with Crippen molar-refractivity contribution < 1.29 is 28.2 Å². The van der Waals surface area contributed by atoms with E-state index in [1.54, 1.807) is 30.3 Å². The Morgan fingerprint density at radius 1 is 1.00 bits per heavy atom. The number of benzene rings is 2. The van der Waals surface area contributed by atoms with E-state index in [0.29, 0.717) is 37.7 Å². The highest BCUT2D eigenvalue weighted by Gasteiger charge is 2.14. The molecule has 2 aromatic carbocycles. The zero-order chi connectivity index (χ0) is 21.8. The number of hydrogen-bond donors (Lipinski definition) is 1. The van der Waals surface area contributed by atoms with E-state index in [-0.39, 0.29) is 18.0 Å². The first-order chi connectivity index (χ1) is 14.5. The molecule has 0 spiro atoms. The maximum absolute atomic E-state index is 12.9. The monoisotopic (exact) mass is 417 g/mol. The van der Waals surface area contributed by atoms with E-state index in [2.05, 4.69) is 12.2 Å². The van der Waals surface area contributed by atoms with Crippen molar-refractivity contribution in [2.75, 3.05) is 26.4 Å². The Balaban J connectivity index is 1.81. The highest BCUT2D eigenvalue weighted by molar-refractivity contribution is 5.92. The van der Waals surface area contributed by atoms with Crippen molar-refractivity contribution in [3.63, 3.8) is 0 Å². The lowest BCUT2D eigenvalue weighted by Gasteiger charge is -2.13. The number of amides is 1. The molecular weight excluding hydrogens is 389 g/mol. The van der Waals surface area contributed by atoms with Crippen molar-refractivity contribution >= 4 is 11.9 Å². The lowest BCUT2D eigenvalue weighted by molar-refractivity contribution is -0.124. The predicted octanol–water partition coefficient (Wildman–Crippen LogP) is 3.92. The van der Waals surface area contributed by atoms with Gasteiger partial charge in [0.2, 0.25) is 0 Å². The van der Waals surface area contributed by atoms with Crippen molar-refractivity contribution in [3.8, 4) is 11.5 Å². The van der Waals surface area contributed by atoms with E-state index in [0.717, 1.165) is 18.4 Å². The van der Waals surface area contributed by atoms with Crippen molar-refractivity contribution in [3.05, 3.63) is 59.4 Å². The van der Waals surface area contributed by atoms with Crippen molar-refractivity contribution in [1.29, 1.82) is 0 Å². The largest absolute Gasteiger partial charge is 0.490 e. The minimum Gasteiger partial charge on any atom is -0.490 e. The van der Waals surface area contributed by atoms with Gasteiger partial charge >= 0.3 is 5.97 Å². The fourth-order valence-electron chi connectivity index (χ4n) is 2.61. The molecule has 162 valence electrons. The molecule has 2 aromatic rings. The molecule has 0 fully saturated rings. The Kier molecular flexibility index (Phi) is 9.64. The second-order valence-corrected chi connectivity index (χ2v) is 6.60. The van der Waals surface area contributed by atoms with Gasteiger partial charge in [-0.3, -0.25) is 4.79 Å². The summed E-state index contributed by atoms with van der Waals surface area (Å²) in [4.78, 5) is 24.2. The van der Waals surface area contributed by atoms with Gasteiger partial charge in [0.1, 0.15) is 5.82 Å². The van der Waals surface area contributed by atoms with Gasteiger partial charge < -0.3 is 19.5 Å². The number of carbonyl (C=O) groups is 2. The molecule has 0 aliphatic carbocycles. The molecule has 0 atom stereocenters. The maximum atomic E-state index is 12.9. The fourth-order valence-corrected chi connectivity index (χ4v) is 2.61. The molecule has 0 aliphatic rings. The molecule has 2 rings (SSSR count). The summed E-state index contributed by atoms with van der Waals surface area (Å²) >= 11 is 0. The molecule has 6 nitrogen and oxygen atoms in total. The van der Waals surface area contributed by atoms with Gasteiger partial charge in [0.15, 0.2) is 18.1 Å². The van der Waals surface area contributed by atoms with Crippen LogP contribution in [0.25, 0.3) is 0 Å². The number of esters is 1. The fraction of sp³-hybridized carbons (Fsp3) is 0.391. The van der Waals surface area contributed by atoms with Gasteiger partial charge in [0.05, 0.1) is 18.8 Å². The average molecular weight is 417 g/mol. The summed E-state index contributed by atoms with van der Waals surface area (Å²) in [5, 5.41) is 2.67. The van der Waals surface area contributed by atoms with Crippen LogP contribution in [0.2, 0.25) is 0 Å². The zero-order valence-electron chi connectivity index (χ0n) is 17.4. The van der Waals surface area contributed by atoms with Crippen LogP contribution in [0.15, 0.2) is 42.5 Å². The molecule has 0 aromatic heterocycles. The molecule has 0 saturated carbocycles. The number of rotatable bonds is 12. The number of unbranched alkanes of at least 4 members (excludes halogenated alkanes) is 1. The zero-order valence-corrected chi connectivity index (χ0v) is 17.4. The molecule has 0 saturated heterocycles. The average Bonchev–Trinajstić information content (AvgIpc) is 2.74. The molecular formula is C23H28FNO5. The molecule has 7 heteroatoms. The summed E-state index contributed by atoms with van der Waals surface area (Å²) in [6, 6.07) is 10.9. The molecule has 0 unspecified atom stereocenters. The summed E-state index contributed by atoms with van der Waals surface area (Å²) in [5.41, 5.74) is 1.18. The molecule has 0 heterocycles. The lowest BCUT2D eigenvalue weighted by Crippen LogP contribution is -2.30. The van der Waals surface area contributed by atoms with Crippen LogP contribution in [0.4, 0.5) is 4.39 Å². The van der Waals surface area contributed by atoms with E-state index in [4.69, 9.17) is 14.2 Å². The second kappa shape index (κ2) is 12.5. The van der Waals surface area contributed by atoms with Crippen LogP contribution in [-0.2, 0) is 16.0 Å². The lowest BCUT2D eigenvalue weighted by atomic mass is 10.1. The minimum absolute atomic E-state index is 0.278. The first-order valence-corrected chi connectivity index (χ1v) is 10.1. The first kappa shape index (κ1) is 23.2. The van der Waals surface area contributed by atoms with Crippen LogP contribution in [0.3, 0.4) is 0 Å². The summed E-state index contributed by atoms with van der Waals surface area (Å²) in [6.45, 7) is 4.89. The predicted molar refractivity (Wildman–Crippen MR) is 111 cm³/mol. The molecule has 1 amide bonds. The summed E-state index contributed by atoms with van der Waals surface area (Å²) in [5.74, 6) is -0.297. The third kappa shape index (κ3) is 7.73. The molecule has 1 N–H and O–H groups in total. The van der Waals surface area contributed by atoms with Gasteiger partial charge in [-0.25, -0.2) is 9.18 Å². The number of ether oxygens (including phenoxy) is 3. The summed E-state index contributed by atoms with van der Waals surface area (Å²) in [7, 11) is 0. The molecule has 0 aliphatic heterocycles. The van der Waals surface area contributed by atoms with E-state index < -0.39 is 11.9 Å². The van der Waals surface area contributed by atoms with Gasteiger partial charge in [-0.2, -0.15) is 0 Å². The third-order valence-corrected chi connectivity index (χ3v) is 4.22. The highest BCUT2D eigenvalue weighted by Crippen LogP contribution is 2.29. The Bertz CT molecular complexity index is 823. The number of carbonyl (C=O) groups excluding carboxylic acids is 2. The molecule has 0 bridgehead atoms. The van der Waals surface area contributed by atoms with Crippen LogP contribution in [0.5, 0.6) is 11.5 Å². The SMILES string of the molecule is CCCCOc1ccc(C(=O)OCC(=O)NCCc2ccc(F)cc2)cc1OCC. The van der Waals surface area contributed by atoms with Crippen LogP contribution < -0.4 is 14.8 Å². The second-order valence-electron chi connectivity index (χ2n) is 6.60. The normalized spacial score (nSPS) is 10.4. The van der Waals surface area contributed by atoms with Gasteiger partial charge in [0.25, 0.3) is 5.91 Å². The number of hydrogen-bond acceptors (Lipinski definition) is 5. The topological polar surface area (TPSA) is 73.9 Å². The van der Waals surface area contributed by atoms with Crippen LogP contribution in [0, 0.1) is 5.82 Å². The first-order valence-electron chi connectivity index (χ1n) is 10.1. The van der Waals surface area contributed by atoms with Crippen LogP contribution in [0.1, 0.15) is 42.6 Å². The van der Waals surface area contributed by atoms with Gasteiger partial charge in [-0.05, 0) is 55.7 Å². The van der Waals surface area contributed by atoms with Gasteiger partial charge in [-0.15, -0.1) is 0 Å². The standard InChI is InChI=1S/C23H28FNO5/c1-3-5-14-29-20-11-8-18(15-21(20)28-4-2)23(27)30-16-22(26)25-13-12-17-6-9-19(24)10-7-17/h6-11,15H,3-5,12-14,16H2,1-2H3,(H,25,26). The highest BCUT2D eigenvalue weighted by atomic mass is 19.1. The Morgan fingerprint density at radius 2 is 1.77 bits per heavy atom. The molecule has 30 heavy (non-hydrogen) atoms. The molecule has 0 radical (unpaired) electrons. The van der Waals surface area contributed by atoms with E-state index in [9.17, 15) is 14.0 Å². The smallest absolute Gasteiger partial charge is 0.338 e. The Labute approximate surface area is 176 Å². The van der Waals surface area contributed by atoms with E-state index >= 15 is 0 Å². The number of halogens is 1. The number of nitrogens with one attached hydrogen (secondary N) is 1. The maximum Gasteiger partial charge on any atom is 0.338 e. The van der Waals surface area contributed by atoms with Crippen molar-refractivity contribution in [2.24, 2.45) is 0 Å². The Hall–Kier alpha value is -3.09. The van der Waals surface area contributed by atoms with Crippen molar-refractivity contribution in [2.45, 2.75) is 33.1 Å². The van der Waals surface area contributed by atoms with Gasteiger partial charge in [0, 0.05) is 6.54 Å². The van der Waals surface area contributed by atoms with Gasteiger partial charge in [-0.1, -0.05) is 25.5 Å². The van der Waals surface area contributed by atoms with Crippen molar-refractivity contribution in [1.82, 2.24) is 5.32 Å². The third-order valence-electron chi connectivity index (χ3n) is 4.22. The summed E-state index contributed by atoms with van der Waals surface area (Å²) in [6.07, 6.45) is 2.49. The van der Waals surface area contributed by atoms with Crippen LogP contribution >= 0.6 is 0 Å². The summed E-state index contributed by atoms with van der Waals surface area (Å²) < 4.78 is 29.2. The van der Waals surface area contributed by atoms with E-state index in [1.165, 1.54) is 12.1 Å². The van der Waals surface area contributed by atoms with Crippen LogP contribution in [-0.4, -0.2) is 38.2 Å².